The van der Waals surface area contributed by atoms with Gasteiger partial charge >= 0.3 is 120 Å². The predicted molar refractivity (Wildman–Crippen MR) is 84.1 cm³/mol. The van der Waals surface area contributed by atoms with Crippen LogP contribution in [0, 0.1) is 13.8 Å². The van der Waals surface area contributed by atoms with E-state index in [-0.39, 0.29) is 0 Å². The molecule has 0 N–H and O–H groups in total. The Hall–Kier alpha value is -1.37. The fraction of sp³-hybridized carbons (Fsp3) is 0.235. The summed E-state index contributed by atoms with van der Waals surface area (Å²) in [4.78, 5) is 0. The van der Waals surface area contributed by atoms with Gasteiger partial charge in [-0.3, -0.25) is 0 Å². The molecule has 19 heavy (non-hydrogen) atoms. The van der Waals surface area contributed by atoms with Gasteiger partial charge in [-0.1, -0.05) is 0 Å². The summed E-state index contributed by atoms with van der Waals surface area (Å²) in [7, 11) is 4.21. The van der Waals surface area contributed by atoms with Crippen LogP contribution in [0.2, 0.25) is 0 Å². The summed E-state index contributed by atoms with van der Waals surface area (Å²) in [5.74, 6) is 0. The molecule has 3 rings (SSSR count). The Kier molecular flexibility index (Phi) is 3.08. The van der Waals surface area contributed by atoms with Crippen LogP contribution in [0.1, 0.15) is 11.1 Å². The van der Waals surface area contributed by atoms with Crippen LogP contribution in [0.15, 0.2) is 36.4 Å². The monoisotopic (exact) mass is 316 g/mol. The Balaban J connectivity index is 2.48. The molecule has 1 aliphatic heterocycles. The first-order chi connectivity index (χ1) is 9.06. The summed E-state index contributed by atoms with van der Waals surface area (Å²) < 4.78 is 5.21. The van der Waals surface area contributed by atoms with Crippen molar-refractivity contribution in [1.29, 1.82) is 0 Å². The van der Waals surface area contributed by atoms with E-state index in [0.717, 1.165) is 0 Å². The van der Waals surface area contributed by atoms with Gasteiger partial charge in [-0.25, -0.2) is 0 Å². The van der Waals surface area contributed by atoms with Crippen LogP contribution in [0.5, 0.6) is 0 Å². The first kappa shape index (κ1) is 12.7. The standard InChI is InChI=1S/C17H18NSe/c1-11-5-7-14-12(2)15-8-6-13(18(3)4)10-17(15)19-16(14)9-11/h5-10H,1-4H3/q+1. The SMILES string of the molecule is Cc1ccc2c(C)c3ccc(=[N+](C)C)cc-3[se]c2c1. The fourth-order valence-electron chi connectivity index (χ4n) is 2.47. The molecule has 0 spiro atoms. The molecule has 1 nitrogen and oxygen atoms in total. The van der Waals surface area contributed by atoms with Crippen LogP contribution in [0.3, 0.4) is 0 Å². The quantitative estimate of drug-likeness (QED) is 0.341. The van der Waals surface area contributed by atoms with Crippen molar-refractivity contribution in [2.75, 3.05) is 14.1 Å². The van der Waals surface area contributed by atoms with Crippen molar-refractivity contribution in [2.45, 2.75) is 13.8 Å². The third kappa shape index (κ3) is 2.16. The molecule has 2 aliphatic rings. The van der Waals surface area contributed by atoms with Crippen molar-refractivity contribution in [1.82, 2.24) is 4.58 Å². The van der Waals surface area contributed by atoms with Gasteiger partial charge in [0.1, 0.15) is 0 Å². The topological polar surface area (TPSA) is 3.01 Å². The second-order valence-electron chi connectivity index (χ2n) is 5.30. The van der Waals surface area contributed by atoms with Gasteiger partial charge in [-0.15, -0.1) is 0 Å². The summed E-state index contributed by atoms with van der Waals surface area (Å²) in [6.45, 7) is 4.43. The van der Waals surface area contributed by atoms with Crippen LogP contribution >= 0.6 is 0 Å². The van der Waals surface area contributed by atoms with Crippen molar-refractivity contribution >= 4 is 24.1 Å². The number of aryl methyl sites for hydroxylation is 2. The van der Waals surface area contributed by atoms with Crippen LogP contribution < -0.4 is 9.93 Å². The van der Waals surface area contributed by atoms with E-state index in [2.05, 4.69) is 68.9 Å². The second-order valence-corrected chi connectivity index (χ2v) is 7.58. The first-order valence-electron chi connectivity index (χ1n) is 6.50. The molecule has 2 heteroatoms. The van der Waals surface area contributed by atoms with Gasteiger partial charge in [0.05, 0.1) is 0 Å². The van der Waals surface area contributed by atoms with E-state index in [1.165, 1.54) is 36.1 Å². The van der Waals surface area contributed by atoms with Crippen molar-refractivity contribution in [3.8, 4) is 10.0 Å². The Labute approximate surface area is 119 Å². The molecule has 0 saturated carbocycles. The molecule has 1 aliphatic carbocycles. The molecule has 0 saturated heterocycles. The molecule has 0 unspecified atom stereocenters. The maximum absolute atomic E-state index is 2.35. The number of fused-ring (bicyclic) bond motifs is 2. The number of hydrogen-bond donors (Lipinski definition) is 0. The molecule has 0 radical (unpaired) electrons. The van der Waals surface area contributed by atoms with E-state index in [1.54, 1.807) is 0 Å². The van der Waals surface area contributed by atoms with E-state index in [0.29, 0.717) is 14.5 Å². The third-order valence-corrected chi connectivity index (χ3v) is 5.99. The van der Waals surface area contributed by atoms with Gasteiger partial charge in [0.2, 0.25) is 0 Å². The van der Waals surface area contributed by atoms with Gasteiger partial charge < -0.3 is 0 Å². The maximum atomic E-state index is 2.35. The van der Waals surface area contributed by atoms with E-state index in [9.17, 15) is 0 Å². The van der Waals surface area contributed by atoms with Crippen LogP contribution in [-0.4, -0.2) is 28.6 Å². The van der Waals surface area contributed by atoms with Crippen molar-refractivity contribution in [2.24, 2.45) is 0 Å². The first-order valence-corrected chi connectivity index (χ1v) is 8.22. The predicted octanol–water partition coefficient (Wildman–Crippen LogP) is 2.65. The van der Waals surface area contributed by atoms with Crippen LogP contribution in [0.4, 0.5) is 0 Å². The molecule has 0 amide bonds. The Morgan fingerprint density at radius 3 is 2.47 bits per heavy atom. The molecule has 1 aromatic carbocycles. The van der Waals surface area contributed by atoms with E-state index >= 15 is 0 Å². The fourth-order valence-corrected chi connectivity index (χ4v) is 5.25. The Bertz CT molecular complexity index is 807. The van der Waals surface area contributed by atoms with Crippen LogP contribution in [-0.2, 0) is 0 Å². The molecule has 0 bridgehead atoms. The van der Waals surface area contributed by atoms with E-state index in [1.807, 2.05) is 0 Å². The molecule has 96 valence electrons. The summed E-state index contributed by atoms with van der Waals surface area (Å²) in [5, 5.41) is 2.74. The van der Waals surface area contributed by atoms with Crippen molar-refractivity contribution in [3.05, 3.63) is 52.9 Å². The minimum atomic E-state index is 0.419. The average Bonchev–Trinajstić information content (AvgIpc) is 2.37. The molecule has 0 atom stereocenters. The number of rotatable bonds is 0. The second kappa shape index (κ2) is 4.63. The van der Waals surface area contributed by atoms with Gasteiger partial charge in [-0.2, -0.15) is 0 Å². The third-order valence-electron chi connectivity index (χ3n) is 3.65. The van der Waals surface area contributed by atoms with E-state index < -0.39 is 0 Å². The average molecular weight is 315 g/mol. The summed E-state index contributed by atoms with van der Waals surface area (Å²) >= 11 is 0.419. The van der Waals surface area contributed by atoms with Crippen molar-refractivity contribution in [3.63, 3.8) is 0 Å². The van der Waals surface area contributed by atoms with Gasteiger partial charge in [0.15, 0.2) is 0 Å². The summed E-state index contributed by atoms with van der Waals surface area (Å²) in [5.41, 5.74) is 4.21. The molecule has 1 aromatic rings. The van der Waals surface area contributed by atoms with Gasteiger partial charge in [0, 0.05) is 0 Å². The summed E-state index contributed by atoms with van der Waals surface area (Å²) in [6, 6.07) is 13.7. The molecule has 0 aromatic heterocycles. The summed E-state index contributed by atoms with van der Waals surface area (Å²) in [6.07, 6.45) is 0. The molecular weight excluding hydrogens is 297 g/mol. The van der Waals surface area contributed by atoms with Gasteiger partial charge in [0.25, 0.3) is 0 Å². The number of benzene rings is 2. The van der Waals surface area contributed by atoms with Gasteiger partial charge in [-0.05, 0) is 0 Å². The number of hydrogen-bond acceptors (Lipinski definition) is 0. The Morgan fingerprint density at radius 1 is 0.947 bits per heavy atom. The molecule has 1 heterocycles. The normalized spacial score (nSPS) is 11.2. The zero-order chi connectivity index (χ0) is 13.6. The van der Waals surface area contributed by atoms with Crippen LogP contribution in [0.25, 0.3) is 19.6 Å². The van der Waals surface area contributed by atoms with Crippen molar-refractivity contribution < 1.29 is 0 Å². The number of nitrogens with zero attached hydrogens (tertiary/aromatic N) is 1. The Morgan fingerprint density at radius 2 is 1.74 bits per heavy atom. The molecular formula is C17H18NSe+. The zero-order valence-corrected chi connectivity index (χ0v) is 13.5. The minimum absolute atomic E-state index is 0.419. The zero-order valence-electron chi connectivity index (χ0n) is 11.8. The molecule has 0 fully saturated rings. The van der Waals surface area contributed by atoms with E-state index in [4.69, 9.17) is 0 Å².